The molecule has 8 heteroatoms. The van der Waals surface area contributed by atoms with Gasteiger partial charge in [-0.1, -0.05) is 19.1 Å². The van der Waals surface area contributed by atoms with Crippen LogP contribution < -0.4 is 15.4 Å². The Morgan fingerprint density at radius 3 is 2.76 bits per heavy atom. The van der Waals surface area contributed by atoms with Gasteiger partial charge in [0.2, 0.25) is 0 Å². The van der Waals surface area contributed by atoms with Gasteiger partial charge in [0.05, 0.1) is 6.54 Å². The number of alkyl halides is 3. The van der Waals surface area contributed by atoms with E-state index in [9.17, 15) is 13.2 Å². The molecule has 2 rings (SSSR count). The quantitative estimate of drug-likeness (QED) is 0.478. The largest absolute Gasteiger partial charge is 0.484 e. The van der Waals surface area contributed by atoms with Crippen molar-refractivity contribution in [2.24, 2.45) is 10.9 Å². The summed E-state index contributed by atoms with van der Waals surface area (Å²) >= 11 is 0. The zero-order valence-corrected chi connectivity index (χ0v) is 17.6. The zero-order chi connectivity index (χ0) is 21.3. The Bertz CT molecular complexity index is 664. The normalized spacial score (nSPS) is 18.1. The molecule has 0 saturated carbocycles. The monoisotopic (exact) mass is 414 g/mol. The highest BCUT2D eigenvalue weighted by atomic mass is 19.4. The van der Waals surface area contributed by atoms with Crippen LogP contribution in [0.2, 0.25) is 0 Å². The molecule has 29 heavy (non-hydrogen) atoms. The number of hydrogen-bond acceptors (Lipinski definition) is 3. The number of nitrogens with zero attached hydrogens (tertiary/aromatic N) is 2. The number of benzene rings is 1. The minimum Gasteiger partial charge on any atom is -0.484 e. The molecule has 1 aromatic carbocycles. The van der Waals surface area contributed by atoms with Gasteiger partial charge in [0.25, 0.3) is 0 Å². The highest BCUT2D eigenvalue weighted by Gasteiger charge is 2.29. The molecule has 164 valence electrons. The fourth-order valence-corrected chi connectivity index (χ4v) is 3.43. The number of aliphatic imine (C=N–C) groups is 1. The van der Waals surface area contributed by atoms with Crippen LogP contribution in [0.5, 0.6) is 5.75 Å². The molecule has 1 aromatic rings. The summed E-state index contributed by atoms with van der Waals surface area (Å²) in [6.45, 7) is 9.85. The summed E-state index contributed by atoms with van der Waals surface area (Å²) < 4.78 is 42.6. The van der Waals surface area contributed by atoms with Crippen molar-refractivity contribution < 1.29 is 17.9 Å². The molecule has 1 fully saturated rings. The van der Waals surface area contributed by atoms with E-state index in [-0.39, 0.29) is 12.3 Å². The molecule has 0 aromatic heterocycles. The predicted octanol–water partition coefficient (Wildman–Crippen LogP) is 3.72. The van der Waals surface area contributed by atoms with Gasteiger partial charge in [-0.25, -0.2) is 4.99 Å². The number of rotatable bonds is 9. The van der Waals surface area contributed by atoms with Crippen molar-refractivity contribution in [2.45, 2.75) is 46.3 Å². The van der Waals surface area contributed by atoms with E-state index < -0.39 is 12.8 Å². The Hall–Kier alpha value is -1.96. The van der Waals surface area contributed by atoms with Crippen molar-refractivity contribution in [1.29, 1.82) is 0 Å². The van der Waals surface area contributed by atoms with Gasteiger partial charge in [0.1, 0.15) is 5.75 Å². The predicted molar refractivity (Wildman–Crippen MR) is 110 cm³/mol. The van der Waals surface area contributed by atoms with Crippen molar-refractivity contribution in [2.75, 3.05) is 39.3 Å². The van der Waals surface area contributed by atoms with Gasteiger partial charge in [-0.2, -0.15) is 13.2 Å². The first-order chi connectivity index (χ1) is 13.8. The lowest BCUT2D eigenvalue weighted by atomic mass is 10.1. The summed E-state index contributed by atoms with van der Waals surface area (Å²) in [7, 11) is 0. The first-order valence-electron chi connectivity index (χ1n) is 10.3. The van der Waals surface area contributed by atoms with E-state index in [0.29, 0.717) is 24.0 Å². The van der Waals surface area contributed by atoms with Crippen LogP contribution in [0.4, 0.5) is 13.2 Å². The van der Waals surface area contributed by atoms with Crippen LogP contribution in [-0.4, -0.2) is 56.4 Å². The third-order valence-corrected chi connectivity index (χ3v) is 4.83. The topological polar surface area (TPSA) is 48.9 Å². The number of likely N-dealkylation sites (tertiary alicyclic amines) is 1. The third-order valence-electron chi connectivity index (χ3n) is 4.83. The molecule has 1 atom stereocenters. The third kappa shape index (κ3) is 8.51. The maximum absolute atomic E-state index is 12.5. The molecule has 1 unspecified atom stereocenters. The van der Waals surface area contributed by atoms with E-state index in [2.05, 4.69) is 27.4 Å². The van der Waals surface area contributed by atoms with Gasteiger partial charge in [-0.05, 0) is 57.3 Å². The number of aryl methyl sites for hydroxylation is 1. The first kappa shape index (κ1) is 23.3. The minimum atomic E-state index is -4.37. The molecular weight excluding hydrogens is 381 g/mol. The average molecular weight is 415 g/mol. The van der Waals surface area contributed by atoms with E-state index in [1.54, 1.807) is 12.1 Å². The zero-order valence-electron chi connectivity index (χ0n) is 17.6. The molecule has 0 bridgehead atoms. The maximum Gasteiger partial charge on any atom is 0.422 e. The smallest absolute Gasteiger partial charge is 0.422 e. The molecule has 0 spiro atoms. The Morgan fingerprint density at radius 2 is 2.07 bits per heavy atom. The van der Waals surface area contributed by atoms with Crippen molar-refractivity contribution >= 4 is 5.96 Å². The SMILES string of the molecule is CCCN1CCC(CNC(=NCc2ccc(C)cc2OCC(F)(F)F)NCC)C1. The highest BCUT2D eigenvalue weighted by molar-refractivity contribution is 5.79. The minimum absolute atomic E-state index is 0.230. The van der Waals surface area contributed by atoms with Gasteiger partial charge < -0.3 is 20.3 Å². The molecular formula is C21H33F3N4O. The van der Waals surface area contributed by atoms with Crippen molar-refractivity contribution in [3.05, 3.63) is 29.3 Å². The first-order valence-corrected chi connectivity index (χ1v) is 10.3. The summed E-state index contributed by atoms with van der Waals surface area (Å²) in [6, 6.07) is 5.25. The lowest BCUT2D eigenvalue weighted by Crippen LogP contribution is -2.40. The number of nitrogens with one attached hydrogen (secondary N) is 2. The average Bonchev–Trinajstić information content (AvgIpc) is 3.10. The van der Waals surface area contributed by atoms with Crippen molar-refractivity contribution in [3.63, 3.8) is 0 Å². The Labute approximate surface area is 171 Å². The van der Waals surface area contributed by atoms with Crippen LogP contribution in [0.25, 0.3) is 0 Å². The fourth-order valence-electron chi connectivity index (χ4n) is 3.43. The van der Waals surface area contributed by atoms with E-state index in [1.165, 1.54) is 12.8 Å². The second kappa shape index (κ2) is 11.3. The fraction of sp³-hybridized carbons (Fsp3) is 0.667. The van der Waals surface area contributed by atoms with Crippen LogP contribution in [-0.2, 0) is 6.54 Å². The number of halogens is 3. The summed E-state index contributed by atoms with van der Waals surface area (Å²) in [6.07, 6.45) is -2.03. The Kier molecular flexibility index (Phi) is 9.07. The summed E-state index contributed by atoms with van der Waals surface area (Å²) in [5, 5.41) is 6.58. The van der Waals surface area contributed by atoms with Crippen LogP contribution in [0.3, 0.4) is 0 Å². The lowest BCUT2D eigenvalue weighted by molar-refractivity contribution is -0.153. The van der Waals surface area contributed by atoms with Crippen LogP contribution >= 0.6 is 0 Å². The van der Waals surface area contributed by atoms with Gasteiger partial charge in [-0.15, -0.1) is 0 Å². The van der Waals surface area contributed by atoms with E-state index in [4.69, 9.17) is 4.74 Å². The molecule has 5 nitrogen and oxygen atoms in total. The second-order valence-corrected chi connectivity index (χ2v) is 7.55. The molecule has 1 saturated heterocycles. The Balaban J connectivity index is 1.97. The van der Waals surface area contributed by atoms with Crippen molar-refractivity contribution in [3.8, 4) is 5.75 Å². The van der Waals surface area contributed by atoms with Gasteiger partial charge in [-0.3, -0.25) is 0 Å². The molecule has 0 radical (unpaired) electrons. The van der Waals surface area contributed by atoms with Crippen LogP contribution in [0, 0.1) is 12.8 Å². The summed E-state index contributed by atoms with van der Waals surface area (Å²) in [5.74, 6) is 1.48. The van der Waals surface area contributed by atoms with Gasteiger partial charge in [0, 0.05) is 25.2 Å². The van der Waals surface area contributed by atoms with Crippen molar-refractivity contribution in [1.82, 2.24) is 15.5 Å². The number of guanidine groups is 1. The molecule has 0 amide bonds. The highest BCUT2D eigenvalue weighted by Crippen LogP contribution is 2.24. The Morgan fingerprint density at radius 1 is 1.28 bits per heavy atom. The maximum atomic E-state index is 12.5. The standard InChI is InChI=1S/C21H33F3N4O/c1-4-9-28-10-8-17(14-28)12-26-20(25-5-2)27-13-18-7-6-16(3)11-19(18)29-15-21(22,23)24/h6-7,11,17H,4-5,8-10,12-15H2,1-3H3,(H2,25,26,27). The molecule has 0 aliphatic carbocycles. The second-order valence-electron chi connectivity index (χ2n) is 7.55. The number of hydrogen-bond donors (Lipinski definition) is 2. The molecule has 1 aliphatic heterocycles. The van der Waals surface area contributed by atoms with Crippen LogP contribution in [0.15, 0.2) is 23.2 Å². The molecule has 1 heterocycles. The van der Waals surface area contributed by atoms with Gasteiger partial charge in [0.15, 0.2) is 12.6 Å². The molecule has 2 N–H and O–H groups in total. The number of ether oxygens (including phenoxy) is 1. The van der Waals surface area contributed by atoms with Gasteiger partial charge >= 0.3 is 6.18 Å². The summed E-state index contributed by atoms with van der Waals surface area (Å²) in [4.78, 5) is 7.03. The summed E-state index contributed by atoms with van der Waals surface area (Å²) in [5.41, 5.74) is 1.48. The van der Waals surface area contributed by atoms with E-state index >= 15 is 0 Å². The molecule has 1 aliphatic rings. The lowest BCUT2D eigenvalue weighted by Gasteiger charge is -2.17. The van der Waals surface area contributed by atoms with Crippen LogP contribution in [0.1, 0.15) is 37.8 Å². The van der Waals surface area contributed by atoms with E-state index in [0.717, 1.165) is 31.7 Å². The van der Waals surface area contributed by atoms with E-state index in [1.807, 2.05) is 19.9 Å².